The van der Waals surface area contributed by atoms with Crippen molar-refractivity contribution < 1.29 is 21.6 Å². The Balaban J connectivity index is 1.49. The first-order chi connectivity index (χ1) is 17.6. The van der Waals surface area contributed by atoms with Gasteiger partial charge in [-0.05, 0) is 74.7 Å². The van der Waals surface area contributed by atoms with Gasteiger partial charge in [0.25, 0.3) is 15.9 Å². The fourth-order valence-electron chi connectivity index (χ4n) is 4.04. The van der Waals surface area contributed by atoms with E-state index in [9.17, 15) is 21.6 Å². The Morgan fingerprint density at radius 2 is 1.57 bits per heavy atom. The highest BCUT2D eigenvalue weighted by molar-refractivity contribution is 7.92. The van der Waals surface area contributed by atoms with Gasteiger partial charge in [0.1, 0.15) is 0 Å². The van der Waals surface area contributed by atoms with E-state index in [2.05, 4.69) is 20.0 Å². The van der Waals surface area contributed by atoms with Crippen LogP contribution < -0.4 is 10.0 Å². The molecule has 0 spiro atoms. The minimum Gasteiger partial charge on any atom is -0.322 e. The Hall–Kier alpha value is -3.35. The number of carbonyl (C=O) groups excluding carboxylic acids is 1. The number of anilines is 2. The maximum Gasteiger partial charge on any atom is 0.264 e. The van der Waals surface area contributed by atoms with Crippen molar-refractivity contribution in [2.75, 3.05) is 23.1 Å². The van der Waals surface area contributed by atoms with E-state index in [1.165, 1.54) is 40.8 Å². The summed E-state index contributed by atoms with van der Waals surface area (Å²) in [4.78, 5) is 20.9. The van der Waals surface area contributed by atoms with Crippen molar-refractivity contribution in [3.8, 4) is 0 Å². The van der Waals surface area contributed by atoms with Crippen LogP contribution in [-0.2, 0) is 20.0 Å². The van der Waals surface area contributed by atoms with Gasteiger partial charge in [-0.1, -0.05) is 18.9 Å². The van der Waals surface area contributed by atoms with Gasteiger partial charge in [-0.2, -0.15) is 4.31 Å². The number of rotatable bonds is 7. The molecule has 0 aliphatic carbocycles. The molecule has 1 saturated heterocycles. The number of aryl methyl sites for hydroxylation is 2. The van der Waals surface area contributed by atoms with Gasteiger partial charge in [0.05, 0.1) is 9.79 Å². The van der Waals surface area contributed by atoms with Crippen LogP contribution in [-0.4, -0.2) is 50.1 Å². The van der Waals surface area contributed by atoms with Crippen LogP contribution >= 0.6 is 0 Å². The number of sulfonamides is 2. The van der Waals surface area contributed by atoms with Crippen LogP contribution in [0.1, 0.15) is 47.3 Å². The number of nitrogens with one attached hydrogen (secondary N) is 2. The molecule has 0 radical (unpaired) electrons. The minimum absolute atomic E-state index is 0.0308. The van der Waals surface area contributed by atoms with Crippen LogP contribution in [0.2, 0.25) is 0 Å². The number of hydrogen-bond donors (Lipinski definition) is 2. The normalized spacial score (nSPS) is 15.1. The maximum absolute atomic E-state index is 13.3. The molecule has 4 rings (SSSR count). The number of aromatic nitrogens is 2. The van der Waals surface area contributed by atoms with Crippen LogP contribution in [0.3, 0.4) is 0 Å². The summed E-state index contributed by atoms with van der Waals surface area (Å²) in [5.41, 5.74) is 1.73. The smallest absolute Gasteiger partial charge is 0.264 e. The van der Waals surface area contributed by atoms with E-state index in [0.717, 1.165) is 25.7 Å². The predicted molar refractivity (Wildman–Crippen MR) is 140 cm³/mol. The molecule has 10 nitrogen and oxygen atoms in total. The van der Waals surface area contributed by atoms with E-state index in [1.54, 1.807) is 32.0 Å². The third kappa shape index (κ3) is 6.32. The molecule has 196 valence electrons. The molecule has 1 aliphatic heterocycles. The molecule has 1 amide bonds. The molecule has 0 bridgehead atoms. The number of carbonyl (C=O) groups is 1. The minimum atomic E-state index is -3.93. The van der Waals surface area contributed by atoms with Gasteiger partial charge in [0.15, 0.2) is 0 Å². The molecule has 2 heterocycles. The summed E-state index contributed by atoms with van der Waals surface area (Å²) in [6.07, 6.45) is 5.09. The Bertz CT molecular complexity index is 1500. The lowest BCUT2D eigenvalue weighted by molar-refractivity contribution is 0.102. The molecular weight excluding hydrogens is 514 g/mol. The lowest BCUT2D eigenvalue weighted by Gasteiger charge is -2.21. The van der Waals surface area contributed by atoms with E-state index in [-0.39, 0.29) is 21.3 Å². The van der Waals surface area contributed by atoms with Gasteiger partial charge in [-0.3, -0.25) is 4.79 Å². The Labute approximate surface area is 217 Å². The Kier molecular flexibility index (Phi) is 7.90. The lowest BCUT2D eigenvalue weighted by Crippen LogP contribution is -2.32. The van der Waals surface area contributed by atoms with Crippen molar-refractivity contribution in [2.45, 2.75) is 49.3 Å². The van der Waals surface area contributed by atoms with E-state index in [0.29, 0.717) is 30.0 Å². The van der Waals surface area contributed by atoms with Crippen LogP contribution in [0.5, 0.6) is 0 Å². The molecule has 2 aromatic carbocycles. The molecule has 2 N–H and O–H groups in total. The quantitative estimate of drug-likeness (QED) is 0.463. The summed E-state index contributed by atoms with van der Waals surface area (Å²) in [5, 5.41) is 2.69. The number of benzene rings is 2. The standard InChI is InChI=1S/C25H29N5O5S2/c1-18-7-8-20(17-23(18)37(34,35)30-15-5-3-4-6-16-30)24(31)28-21-9-11-22(12-10-21)36(32,33)29-25-26-14-13-19(2)27-25/h7-14,17H,3-6,15-16H2,1-2H3,(H,28,31)(H,26,27,29). The third-order valence-electron chi connectivity index (χ3n) is 6.08. The maximum atomic E-state index is 13.3. The average molecular weight is 544 g/mol. The van der Waals surface area contributed by atoms with E-state index in [1.807, 2.05) is 0 Å². The zero-order chi connectivity index (χ0) is 26.6. The van der Waals surface area contributed by atoms with Crippen LogP contribution in [0.15, 0.2) is 64.5 Å². The molecule has 1 aromatic heterocycles. The second-order valence-electron chi connectivity index (χ2n) is 8.90. The molecular formula is C25H29N5O5S2. The van der Waals surface area contributed by atoms with Gasteiger partial charge < -0.3 is 5.32 Å². The van der Waals surface area contributed by atoms with Crippen molar-refractivity contribution in [1.29, 1.82) is 0 Å². The predicted octanol–water partition coefficient (Wildman–Crippen LogP) is 3.71. The van der Waals surface area contributed by atoms with Crippen molar-refractivity contribution in [1.82, 2.24) is 14.3 Å². The van der Waals surface area contributed by atoms with Crippen molar-refractivity contribution in [2.24, 2.45) is 0 Å². The number of hydrogen-bond acceptors (Lipinski definition) is 7. The summed E-state index contributed by atoms with van der Waals surface area (Å²) in [5.74, 6) is -0.545. The molecule has 12 heteroatoms. The van der Waals surface area contributed by atoms with Crippen molar-refractivity contribution in [3.05, 3.63) is 71.5 Å². The van der Waals surface area contributed by atoms with Crippen LogP contribution in [0, 0.1) is 13.8 Å². The van der Waals surface area contributed by atoms with Gasteiger partial charge in [0, 0.05) is 36.2 Å². The zero-order valence-electron chi connectivity index (χ0n) is 20.6. The summed E-state index contributed by atoms with van der Waals surface area (Å²) in [6, 6.07) is 11.8. The highest BCUT2D eigenvalue weighted by atomic mass is 32.2. The van der Waals surface area contributed by atoms with E-state index in [4.69, 9.17) is 0 Å². The van der Waals surface area contributed by atoms with Crippen LogP contribution in [0.25, 0.3) is 0 Å². The van der Waals surface area contributed by atoms with Gasteiger partial charge in [0.2, 0.25) is 16.0 Å². The van der Waals surface area contributed by atoms with Gasteiger partial charge in [-0.25, -0.2) is 31.5 Å². The Morgan fingerprint density at radius 1 is 0.892 bits per heavy atom. The SMILES string of the molecule is Cc1ccnc(NS(=O)(=O)c2ccc(NC(=O)c3ccc(C)c(S(=O)(=O)N4CCCCCC4)c3)cc2)n1. The fraction of sp³-hybridized carbons (Fsp3) is 0.320. The Morgan fingerprint density at radius 3 is 2.22 bits per heavy atom. The van der Waals surface area contributed by atoms with E-state index >= 15 is 0 Å². The zero-order valence-corrected chi connectivity index (χ0v) is 22.3. The number of amides is 1. The van der Waals surface area contributed by atoms with Gasteiger partial charge in [-0.15, -0.1) is 0 Å². The molecule has 0 unspecified atom stereocenters. The third-order valence-corrected chi connectivity index (χ3v) is 9.46. The first kappa shape index (κ1) is 26.7. The molecule has 0 saturated carbocycles. The first-order valence-corrected chi connectivity index (χ1v) is 14.8. The topological polar surface area (TPSA) is 138 Å². The van der Waals surface area contributed by atoms with E-state index < -0.39 is 26.0 Å². The first-order valence-electron chi connectivity index (χ1n) is 11.9. The molecule has 3 aromatic rings. The monoisotopic (exact) mass is 543 g/mol. The lowest BCUT2D eigenvalue weighted by atomic mass is 10.1. The van der Waals surface area contributed by atoms with Crippen LogP contribution in [0.4, 0.5) is 11.6 Å². The average Bonchev–Trinajstić information content (AvgIpc) is 3.15. The summed E-state index contributed by atoms with van der Waals surface area (Å²) < 4.78 is 55.7. The largest absolute Gasteiger partial charge is 0.322 e. The van der Waals surface area contributed by atoms with Gasteiger partial charge >= 0.3 is 0 Å². The molecule has 0 atom stereocenters. The van der Waals surface area contributed by atoms with Crippen molar-refractivity contribution in [3.63, 3.8) is 0 Å². The fourth-order valence-corrected chi connectivity index (χ4v) is 6.76. The summed E-state index contributed by atoms with van der Waals surface area (Å²) in [7, 11) is -7.65. The molecule has 37 heavy (non-hydrogen) atoms. The molecule has 1 aliphatic rings. The van der Waals surface area contributed by atoms with Crippen molar-refractivity contribution >= 4 is 37.6 Å². The highest BCUT2D eigenvalue weighted by Gasteiger charge is 2.27. The second-order valence-corrected chi connectivity index (χ2v) is 12.5. The highest BCUT2D eigenvalue weighted by Crippen LogP contribution is 2.25. The number of nitrogens with zero attached hydrogens (tertiary/aromatic N) is 3. The summed E-state index contributed by atoms with van der Waals surface area (Å²) >= 11 is 0. The molecule has 1 fully saturated rings. The summed E-state index contributed by atoms with van der Waals surface area (Å²) in [6.45, 7) is 4.37. The second kappa shape index (κ2) is 11.0.